The number of benzene rings is 2. The van der Waals surface area contributed by atoms with E-state index in [-0.39, 0.29) is 37.4 Å². The summed E-state index contributed by atoms with van der Waals surface area (Å²) in [5.41, 5.74) is 1.31. The molecule has 1 N–H and O–H groups in total. The fraction of sp³-hybridized carbons (Fsp3) is 0.513. The molecule has 48 heavy (non-hydrogen) atoms. The van der Waals surface area contributed by atoms with Gasteiger partial charge >= 0.3 is 0 Å². The van der Waals surface area contributed by atoms with E-state index in [9.17, 15) is 14.7 Å². The number of anilines is 2. The van der Waals surface area contributed by atoms with Crippen molar-refractivity contribution in [2.24, 2.45) is 11.8 Å². The number of rotatable bonds is 16. The highest BCUT2D eigenvalue weighted by Gasteiger charge is 2.78. The van der Waals surface area contributed by atoms with Gasteiger partial charge in [0.15, 0.2) is 0 Å². The van der Waals surface area contributed by atoms with Gasteiger partial charge in [-0.3, -0.25) is 14.4 Å². The molecule has 3 saturated heterocycles. The van der Waals surface area contributed by atoms with Gasteiger partial charge in [-0.1, -0.05) is 43.2 Å². The number of carbonyl (C=O) groups excluding carboxylic acids is 3. The number of para-hydroxylation sites is 1. The maximum atomic E-state index is 15.0. The summed E-state index contributed by atoms with van der Waals surface area (Å²) in [6, 6.07) is 12.4. The zero-order valence-corrected chi connectivity index (χ0v) is 29.0. The molecule has 3 aliphatic heterocycles. The molecule has 9 nitrogen and oxygen atoms in total. The molecule has 3 fully saturated rings. The first-order valence-corrected chi connectivity index (χ1v) is 17.3. The molecule has 2 unspecified atom stereocenters. The molecule has 0 aromatic heterocycles. The smallest absolute Gasteiger partial charge is 0.253 e. The van der Waals surface area contributed by atoms with Gasteiger partial charge in [0.25, 0.3) is 5.91 Å². The van der Waals surface area contributed by atoms with Gasteiger partial charge in [0, 0.05) is 37.6 Å². The fourth-order valence-corrected chi connectivity index (χ4v) is 8.38. The number of hydrogen-bond donors (Lipinski definition) is 1. The van der Waals surface area contributed by atoms with Crippen LogP contribution in [0, 0.1) is 25.7 Å². The van der Waals surface area contributed by atoms with Crippen molar-refractivity contribution in [1.82, 2.24) is 4.90 Å². The Morgan fingerprint density at radius 2 is 1.62 bits per heavy atom. The Morgan fingerprint density at radius 3 is 2.25 bits per heavy atom. The van der Waals surface area contributed by atoms with Crippen LogP contribution in [0.15, 0.2) is 67.8 Å². The van der Waals surface area contributed by atoms with Crippen LogP contribution in [-0.2, 0) is 19.1 Å². The second-order valence-corrected chi connectivity index (χ2v) is 13.5. The Balaban J connectivity index is 1.56. The first kappa shape index (κ1) is 35.4. The third-order valence-electron chi connectivity index (χ3n) is 10.4. The van der Waals surface area contributed by atoms with Crippen LogP contribution in [0.4, 0.5) is 11.4 Å². The first-order chi connectivity index (χ1) is 23.1. The second kappa shape index (κ2) is 14.7. The Bertz CT molecular complexity index is 1500. The zero-order valence-electron chi connectivity index (χ0n) is 29.0. The average Bonchev–Trinajstić information content (AvgIpc) is 3.63. The number of aliphatic hydroxyl groups is 1. The summed E-state index contributed by atoms with van der Waals surface area (Å²) in [7, 11) is 0. The predicted octanol–water partition coefficient (Wildman–Crippen LogP) is 5.76. The average molecular weight is 658 g/mol. The lowest BCUT2D eigenvalue weighted by atomic mass is 9.66. The topological polar surface area (TPSA) is 99.6 Å². The molecule has 0 radical (unpaired) electrons. The van der Waals surface area contributed by atoms with E-state index in [0.717, 1.165) is 29.7 Å². The van der Waals surface area contributed by atoms with Crippen LogP contribution in [-0.4, -0.2) is 77.8 Å². The highest BCUT2D eigenvalue weighted by atomic mass is 16.5. The van der Waals surface area contributed by atoms with E-state index in [1.807, 2.05) is 70.2 Å². The lowest BCUT2D eigenvalue weighted by molar-refractivity contribution is -0.144. The van der Waals surface area contributed by atoms with Gasteiger partial charge in [0.05, 0.1) is 24.0 Å². The molecule has 2 aromatic carbocycles. The summed E-state index contributed by atoms with van der Waals surface area (Å²) in [5, 5.41) is 9.30. The minimum absolute atomic E-state index is 0.118. The molecule has 9 heteroatoms. The van der Waals surface area contributed by atoms with Gasteiger partial charge in [-0.2, -0.15) is 0 Å². The van der Waals surface area contributed by atoms with E-state index in [0.29, 0.717) is 50.3 Å². The number of aliphatic hydroxyl groups excluding tert-OH is 1. The summed E-state index contributed by atoms with van der Waals surface area (Å²) in [4.78, 5) is 49.6. The first-order valence-electron chi connectivity index (χ1n) is 17.3. The van der Waals surface area contributed by atoms with Crippen LogP contribution in [0.1, 0.15) is 63.5 Å². The summed E-state index contributed by atoms with van der Waals surface area (Å²) < 4.78 is 12.6. The van der Waals surface area contributed by atoms with Crippen LogP contribution < -0.4 is 14.5 Å². The SMILES string of the molecule is C=CCN(C(=O)[C@H]1[C@H]2C(=O)N(CCCCCCO)C(C(=O)N(CC=C)c3c(C)cccc3C)C23CC[C@]1(C)O3)c1ccc(OCC)cc1. The number of unbranched alkanes of at least 4 members (excludes halogenated alkanes) is 3. The van der Waals surface area contributed by atoms with E-state index >= 15 is 4.79 Å². The van der Waals surface area contributed by atoms with Gasteiger partial charge < -0.3 is 29.3 Å². The summed E-state index contributed by atoms with van der Waals surface area (Å²) in [5.74, 6) is -1.53. The molecule has 3 heterocycles. The molecular weight excluding hydrogens is 606 g/mol. The van der Waals surface area contributed by atoms with Crippen molar-refractivity contribution in [3.63, 3.8) is 0 Å². The van der Waals surface area contributed by atoms with Gasteiger partial charge in [0.1, 0.15) is 17.4 Å². The Kier molecular flexibility index (Phi) is 10.8. The second-order valence-electron chi connectivity index (χ2n) is 13.5. The minimum atomic E-state index is -1.15. The van der Waals surface area contributed by atoms with Gasteiger partial charge in [0.2, 0.25) is 11.8 Å². The molecule has 5 rings (SSSR count). The van der Waals surface area contributed by atoms with Crippen molar-refractivity contribution in [2.75, 3.05) is 42.6 Å². The van der Waals surface area contributed by atoms with Crippen LogP contribution >= 0.6 is 0 Å². The van der Waals surface area contributed by atoms with E-state index in [4.69, 9.17) is 9.47 Å². The fourth-order valence-electron chi connectivity index (χ4n) is 8.38. The van der Waals surface area contributed by atoms with E-state index < -0.39 is 29.1 Å². The van der Waals surface area contributed by atoms with Crippen LogP contribution in [0.2, 0.25) is 0 Å². The molecule has 258 valence electrons. The van der Waals surface area contributed by atoms with Crippen molar-refractivity contribution in [3.8, 4) is 5.75 Å². The lowest BCUT2D eigenvalue weighted by Gasteiger charge is -2.37. The number of likely N-dealkylation sites (tertiary alicyclic amines) is 1. The van der Waals surface area contributed by atoms with Gasteiger partial charge in [-0.05, 0) is 88.8 Å². The van der Waals surface area contributed by atoms with Crippen LogP contribution in [0.5, 0.6) is 5.75 Å². The van der Waals surface area contributed by atoms with Crippen molar-refractivity contribution in [3.05, 3.63) is 78.9 Å². The van der Waals surface area contributed by atoms with E-state index in [1.54, 1.807) is 26.9 Å². The third-order valence-corrected chi connectivity index (χ3v) is 10.4. The number of amides is 3. The monoisotopic (exact) mass is 657 g/mol. The van der Waals surface area contributed by atoms with Gasteiger partial charge in [-0.15, -0.1) is 13.2 Å². The number of hydrogen-bond acceptors (Lipinski definition) is 6. The van der Waals surface area contributed by atoms with Crippen molar-refractivity contribution >= 4 is 29.1 Å². The van der Waals surface area contributed by atoms with Crippen LogP contribution in [0.25, 0.3) is 0 Å². The standard InChI is InChI=1S/C39H51N3O6/c1-7-23-40(29-17-19-30(20-18-29)47-9-3)35(44)31-32-36(45)42(25-12-10-11-13-26-43)34(39(32)22-21-38(31,6)48-39)37(46)41(24-8-2)33-27(4)15-14-16-28(33)5/h7-8,14-20,31-32,34,43H,1-2,9-13,21-26H2,3-6H3/t31-,32+,34?,38+,39?/m1/s1. The van der Waals surface area contributed by atoms with Crippen LogP contribution in [0.3, 0.4) is 0 Å². The quantitative estimate of drug-likeness (QED) is 0.182. The molecule has 5 atom stereocenters. The number of nitrogens with zero attached hydrogens (tertiary/aromatic N) is 3. The molecule has 3 aliphatic rings. The maximum absolute atomic E-state index is 15.0. The number of carbonyl (C=O) groups is 3. The molecule has 2 bridgehead atoms. The van der Waals surface area contributed by atoms with E-state index in [1.165, 1.54) is 0 Å². The molecule has 2 aromatic rings. The third kappa shape index (κ3) is 6.18. The molecular formula is C39H51N3O6. The maximum Gasteiger partial charge on any atom is 0.253 e. The molecule has 0 saturated carbocycles. The Labute approximate surface area is 285 Å². The summed E-state index contributed by atoms with van der Waals surface area (Å²) in [6.07, 6.45) is 7.43. The van der Waals surface area contributed by atoms with Gasteiger partial charge in [-0.25, -0.2) is 0 Å². The van der Waals surface area contributed by atoms with E-state index in [2.05, 4.69) is 13.2 Å². The van der Waals surface area contributed by atoms with Crippen molar-refractivity contribution in [1.29, 1.82) is 0 Å². The molecule has 0 aliphatic carbocycles. The number of ether oxygens (including phenoxy) is 2. The summed E-state index contributed by atoms with van der Waals surface area (Å²) >= 11 is 0. The Morgan fingerprint density at radius 1 is 0.979 bits per heavy atom. The lowest BCUT2D eigenvalue weighted by Crippen LogP contribution is -2.57. The highest BCUT2D eigenvalue weighted by molar-refractivity contribution is 6.07. The Hall–Kier alpha value is -3.95. The largest absolute Gasteiger partial charge is 0.494 e. The number of aryl methyl sites for hydroxylation is 2. The van der Waals surface area contributed by atoms with Crippen molar-refractivity contribution < 1.29 is 29.0 Å². The zero-order chi connectivity index (χ0) is 34.6. The summed E-state index contributed by atoms with van der Waals surface area (Å²) in [6.45, 7) is 17.2. The number of fused-ring (bicyclic) bond motifs is 1. The predicted molar refractivity (Wildman–Crippen MR) is 188 cm³/mol. The normalized spacial score (nSPS) is 25.6. The molecule has 3 amide bonds. The molecule has 1 spiro atoms. The highest BCUT2D eigenvalue weighted by Crippen LogP contribution is 2.63. The minimum Gasteiger partial charge on any atom is -0.494 e. The van der Waals surface area contributed by atoms with Crippen molar-refractivity contribution in [2.45, 2.75) is 83.5 Å².